The summed E-state index contributed by atoms with van der Waals surface area (Å²) in [5, 5.41) is 95.7. The van der Waals surface area contributed by atoms with Gasteiger partial charge in [-0.25, -0.2) is 9.97 Å². The zero-order valence-corrected chi connectivity index (χ0v) is 43.4. The molecule has 3 aromatic heterocycles. The van der Waals surface area contributed by atoms with Crippen LogP contribution in [0.5, 0.6) is 0 Å². The maximum absolute atomic E-state index is 11.3. The zero-order valence-electron chi connectivity index (χ0n) is 43.4. The van der Waals surface area contributed by atoms with Crippen LogP contribution in [0.15, 0.2) is 164 Å². The van der Waals surface area contributed by atoms with Gasteiger partial charge in [0.2, 0.25) is 0 Å². The Morgan fingerprint density at radius 3 is 0.878 bits per heavy atom. The van der Waals surface area contributed by atoms with E-state index >= 15 is 0 Å². The minimum absolute atomic E-state index is 0.260. The molecule has 12 rings (SSSR count). The Morgan fingerprint density at radius 1 is 0.305 bits per heavy atom. The number of nitriles is 9. The van der Waals surface area contributed by atoms with E-state index < -0.39 is 0 Å². The minimum Gasteiger partial charge on any atom is -0.308 e. The van der Waals surface area contributed by atoms with Crippen molar-refractivity contribution in [1.29, 1.82) is 47.4 Å². The Kier molecular flexibility index (Phi) is 12.1. The van der Waals surface area contributed by atoms with Gasteiger partial charge in [-0.15, -0.1) is 0 Å². The van der Waals surface area contributed by atoms with Crippen LogP contribution in [0.1, 0.15) is 61.6 Å². The predicted molar refractivity (Wildman–Crippen MR) is 310 cm³/mol. The smallest absolute Gasteiger partial charge is 0.126 e. The van der Waals surface area contributed by atoms with Crippen molar-refractivity contribution >= 4 is 43.6 Å². The summed E-state index contributed by atoms with van der Waals surface area (Å²) in [6.45, 7) is 3.68. The van der Waals surface area contributed by atoms with E-state index in [1.54, 1.807) is 79.7 Å². The minimum atomic E-state index is 0.260. The van der Waals surface area contributed by atoms with Crippen molar-refractivity contribution in [2.24, 2.45) is 0 Å². The Bertz CT molecular complexity index is 4680. The highest BCUT2D eigenvalue weighted by Gasteiger charge is 2.27. The number of rotatable bonds is 7. The molecule has 0 aliphatic rings. The first kappa shape index (κ1) is 49.9. The van der Waals surface area contributed by atoms with Gasteiger partial charge in [0.25, 0.3) is 0 Å². The maximum Gasteiger partial charge on any atom is 0.126 e. The van der Waals surface area contributed by atoms with Crippen LogP contribution >= 0.6 is 0 Å². The second-order valence-corrected chi connectivity index (χ2v) is 19.5. The number of fused-ring (bicyclic) bond motifs is 6. The predicted octanol–water partition coefficient (Wildman–Crippen LogP) is 14.5. The maximum atomic E-state index is 11.3. The second-order valence-electron chi connectivity index (χ2n) is 19.5. The number of aryl methyl sites for hydroxylation is 2. The molecule has 0 radical (unpaired) electrons. The Morgan fingerprint density at radius 2 is 0.610 bits per heavy atom. The van der Waals surface area contributed by atoms with E-state index in [1.165, 1.54) is 0 Å². The number of nitrogens with zero attached hydrogens (tertiary/aromatic N) is 13. The topological polar surface area (TPSA) is 250 Å². The molecule has 0 spiro atoms. The molecule has 0 aliphatic heterocycles. The monoisotopic (exact) mass is 1040 g/mol. The summed E-state index contributed by atoms with van der Waals surface area (Å²) in [7, 11) is 0. The first-order chi connectivity index (χ1) is 40.0. The lowest BCUT2D eigenvalue weighted by Crippen LogP contribution is -2.07. The van der Waals surface area contributed by atoms with Crippen molar-refractivity contribution in [3.8, 4) is 122 Å². The van der Waals surface area contributed by atoms with Crippen molar-refractivity contribution in [3.63, 3.8) is 0 Å². The van der Waals surface area contributed by atoms with Gasteiger partial charge >= 0.3 is 0 Å². The molecule has 0 amide bonds. The van der Waals surface area contributed by atoms with Gasteiger partial charge in [0, 0.05) is 32.8 Å². The van der Waals surface area contributed by atoms with E-state index in [0.29, 0.717) is 145 Å². The molecule has 0 unspecified atom stereocenters. The van der Waals surface area contributed by atoms with Crippen LogP contribution < -0.4 is 0 Å². The van der Waals surface area contributed by atoms with Gasteiger partial charge in [-0.1, -0.05) is 72.8 Å². The first-order valence-corrected chi connectivity index (χ1v) is 25.4. The molecule has 0 aliphatic carbocycles. The number of hydrogen-bond acceptors (Lipinski definition) is 11. The molecule has 82 heavy (non-hydrogen) atoms. The highest BCUT2D eigenvalue weighted by atomic mass is 15.0. The largest absolute Gasteiger partial charge is 0.308 e. The van der Waals surface area contributed by atoms with Crippen LogP contribution in [0.3, 0.4) is 0 Å². The molecule has 12 aromatic rings. The highest BCUT2D eigenvalue weighted by Crippen LogP contribution is 2.46. The lowest BCUT2D eigenvalue weighted by molar-refractivity contribution is 1.01. The molecule has 0 fully saturated rings. The number of hydrogen-bond donors (Lipinski definition) is 0. The Balaban J connectivity index is 1.27. The average molecular weight is 1040 g/mol. The first-order valence-electron chi connectivity index (χ1n) is 25.4. The van der Waals surface area contributed by atoms with Crippen LogP contribution in [-0.2, 0) is 0 Å². The summed E-state index contributed by atoms with van der Waals surface area (Å²) in [6, 6.07) is 69.1. The summed E-state index contributed by atoms with van der Waals surface area (Å²) in [4.78, 5) is 9.88. The van der Waals surface area contributed by atoms with Crippen LogP contribution in [0.25, 0.3) is 111 Å². The molecule has 0 saturated heterocycles. The molecular formula is C69H33N13. The summed E-state index contributed by atoms with van der Waals surface area (Å²) >= 11 is 0. The van der Waals surface area contributed by atoms with Crippen LogP contribution in [0, 0.1) is 116 Å². The van der Waals surface area contributed by atoms with Crippen molar-refractivity contribution in [1.82, 2.24) is 19.1 Å². The molecule has 9 aromatic carbocycles. The number of benzene rings is 9. The fraction of sp³-hybridized carbons (Fsp3) is 0.0290. The van der Waals surface area contributed by atoms with Crippen molar-refractivity contribution in [2.45, 2.75) is 13.8 Å². The Labute approximate surface area is 468 Å². The summed E-state index contributed by atoms with van der Waals surface area (Å²) < 4.78 is 4.12. The highest BCUT2D eigenvalue weighted by molar-refractivity contribution is 6.14. The van der Waals surface area contributed by atoms with E-state index in [1.807, 2.05) is 97.9 Å². The molecule has 13 heteroatoms. The van der Waals surface area contributed by atoms with E-state index in [9.17, 15) is 47.4 Å². The third-order valence-electron chi connectivity index (χ3n) is 14.8. The van der Waals surface area contributed by atoms with Gasteiger partial charge in [0.05, 0.1) is 144 Å². The SMILES string of the molecule is Cc1cc(-c2c(-n3c4cc(-c5ccc(C#N)cc5C#N)ccc4c4ccc(-c5ccc(C#N)cc5C#N)cc43)cc(C#N)cc2-n2c3cc(-c4ccc(C#N)cc4C#N)ccc3c3ccc(-c4ccc(C#N)cc4C#N)cc32)nc(C)n1. The quantitative estimate of drug-likeness (QED) is 0.145. The standard InChI is InChI=1S/C69H33N13/c1-39-19-62(80-40(2)79-39)69-67(81-63-26-46(54-11-3-41(30-70)20-50(54)35-75)7-15-58(63)59-16-8-47(27-64(59)81)55-12-4-42(31-71)21-51(55)36-76)24-45(34-74)25-68(69)82-65-28-48(56-13-5-43(32-72)22-52(56)37-77)9-17-60(65)61-18-10-49(29-66(61)82)57-14-6-44(33-73)23-53(57)38-78/h3-29H,1-2H3. The second kappa shape index (κ2) is 19.9. The number of aromatic nitrogens is 4. The molecule has 0 atom stereocenters. The van der Waals surface area contributed by atoms with Crippen molar-refractivity contribution in [3.05, 3.63) is 225 Å². The molecule has 0 N–H and O–H groups in total. The summed E-state index contributed by atoms with van der Waals surface area (Å²) in [5.74, 6) is 0.472. The molecule has 13 nitrogen and oxygen atoms in total. The van der Waals surface area contributed by atoms with Gasteiger partial charge < -0.3 is 9.13 Å². The fourth-order valence-corrected chi connectivity index (χ4v) is 11.2. The molecular weight excluding hydrogens is 1010 g/mol. The normalized spacial score (nSPS) is 10.7. The van der Waals surface area contributed by atoms with E-state index in [4.69, 9.17) is 9.97 Å². The summed E-state index contributed by atoms with van der Waals surface area (Å²) in [5.41, 5.74) is 13.3. The van der Waals surface area contributed by atoms with Gasteiger partial charge in [-0.05, 0) is 149 Å². The van der Waals surface area contributed by atoms with E-state index in [0.717, 1.165) is 21.5 Å². The summed E-state index contributed by atoms with van der Waals surface area (Å²) in [6.07, 6.45) is 0. The van der Waals surface area contributed by atoms with Crippen molar-refractivity contribution in [2.75, 3.05) is 0 Å². The lowest BCUT2D eigenvalue weighted by atomic mass is 9.96. The van der Waals surface area contributed by atoms with E-state index in [2.05, 4.69) is 63.8 Å². The molecule has 0 bridgehead atoms. The average Bonchev–Trinajstić information content (AvgIpc) is 2.49. The molecule has 374 valence electrons. The van der Waals surface area contributed by atoms with Gasteiger partial charge in [0.1, 0.15) is 5.82 Å². The lowest BCUT2D eigenvalue weighted by Gasteiger charge is -2.21. The van der Waals surface area contributed by atoms with Gasteiger partial charge in [0.15, 0.2) is 0 Å². The molecule has 0 saturated carbocycles. The van der Waals surface area contributed by atoms with Crippen molar-refractivity contribution < 1.29 is 0 Å². The molecule has 3 heterocycles. The third kappa shape index (κ3) is 8.19. The van der Waals surface area contributed by atoms with Gasteiger partial charge in [-0.3, -0.25) is 0 Å². The van der Waals surface area contributed by atoms with Crippen LogP contribution in [0.2, 0.25) is 0 Å². The van der Waals surface area contributed by atoms with E-state index in [-0.39, 0.29) is 5.56 Å². The van der Waals surface area contributed by atoms with Crippen LogP contribution in [-0.4, -0.2) is 19.1 Å². The zero-order chi connectivity index (χ0) is 56.9. The van der Waals surface area contributed by atoms with Crippen LogP contribution in [0.4, 0.5) is 0 Å². The Hall–Kier alpha value is -12.9. The third-order valence-corrected chi connectivity index (χ3v) is 14.8. The fourth-order valence-electron chi connectivity index (χ4n) is 11.2. The van der Waals surface area contributed by atoms with Gasteiger partial charge in [-0.2, -0.15) is 47.4 Å².